The van der Waals surface area contributed by atoms with Gasteiger partial charge in [0.1, 0.15) is 0 Å². The first-order valence-corrected chi connectivity index (χ1v) is 8.84. The highest BCUT2D eigenvalue weighted by molar-refractivity contribution is 5.85. The fourth-order valence-electron chi connectivity index (χ4n) is 3.59. The summed E-state index contributed by atoms with van der Waals surface area (Å²) < 4.78 is 0. The van der Waals surface area contributed by atoms with Gasteiger partial charge in [0.05, 0.1) is 17.5 Å². The molecule has 1 unspecified atom stereocenters. The Balaban J connectivity index is 0.00000208. The molecular formula is C18H31ClN4O. The highest BCUT2D eigenvalue weighted by Gasteiger charge is 2.23. The quantitative estimate of drug-likeness (QED) is 0.887. The number of anilines is 1. The van der Waals surface area contributed by atoms with Crippen LogP contribution in [0.15, 0.2) is 6.07 Å². The molecule has 0 aromatic carbocycles. The zero-order valence-corrected chi connectivity index (χ0v) is 16.0. The molecule has 1 aromatic rings. The van der Waals surface area contributed by atoms with Crippen molar-refractivity contribution in [1.29, 1.82) is 0 Å². The molecule has 2 aliphatic heterocycles. The molecule has 6 heteroatoms. The number of hydrogen-bond acceptors (Lipinski definition) is 5. The fourth-order valence-corrected chi connectivity index (χ4v) is 3.59. The first kappa shape index (κ1) is 19.4. The van der Waals surface area contributed by atoms with Crippen LogP contribution in [0.2, 0.25) is 0 Å². The Hall–Kier alpha value is -0.880. The zero-order chi connectivity index (χ0) is 16.4. The van der Waals surface area contributed by atoms with E-state index in [4.69, 9.17) is 4.98 Å². The largest absolute Gasteiger partial charge is 0.390 e. The summed E-state index contributed by atoms with van der Waals surface area (Å²) in [6.45, 7) is 11.0. The lowest BCUT2D eigenvalue weighted by molar-refractivity contribution is 0.0835. The summed E-state index contributed by atoms with van der Waals surface area (Å²) in [5.74, 6) is 0. The number of aryl methyl sites for hydroxylation is 3. The number of fused-ring (bicyclic) bond motifs is 1. The van der Waals surface area contributed by atoms with Crippen LogP contribution in [0.1, 0.15) is 23.4 Å². The van der Waals surface area contributed by atoms with E-state index < -0.39 is 0 Å². The first-order chi connectivity index (χ1) is 11.0. The zero-order valence-electron chi connectivity index (χ0n) is 15.2. The summed E-state index contributed by atoms with van der Waals surface area (Å²) in [5, 5.41) is 10.6. The molecule has 0 saturated carbocycles. The van der Waals surface area contributed by atoms with E-state index in [1.165, 1.54) is 16.9 Å². The van der Waals surface area contributed by atoms with Crippen LogP contribution >= 0.6 is 12.4 Å². The van der Waals surface area contributed by atoms with Gasteiger partial charge in [0.2, 0.25) is 0 Å². The van der Waals surface area contributed by atoms with Crippen molar-refractivity contribution in [2.45, 2.75) is 32.8 Å². The number of hydrogen-bond donors (Lipinski definition) is 1. The van der Waals surface area contributed by atoms with Crippen molar-refractivity contribution in [3.63, 3.8) is 0 Å². The Bertz CT molecular complexity index is 546. The second-order valence-corrected chi connectivity index (χ2v) is 7.16. The van der Waals surface area contributed by atoms with E-state index in [0.717, 1.165) is 57.8 Å². The Morgan fingerprint density at radius 2 is 1.83 bits per heavy atom. The summed E-state index contributed by atoms with van der Waals surface area (Å²) in [6.07, 6.45) is 1.89. The molecule has 136 valence electrons. The van der Waals surface area contributed by atoms with Gasteiger partial charge in [0.15, 0.2) is 0 Å². The monoisotopic (exact) mass is 354 g/mol. The molecule has 1 aromatic heterocycles. The van der Waals surface area contributed by atoms with Crippen molar-refractivity contribution in [2.24, 2.45) is 0 Å². The topological polar surface area (TPSA) is 42.8 Å². The highest BCUT2D eigenvalue weighted by Crippen LogP contribution is 2.27. The molecule has 0 spiro atoms. The van der Waals surface area contributed by atoms with E-state index in [-0.39, 0.29) is 18.5 Å². The number of likely N-dealkylation sites (N-methyl/N-ethyl adjacent to an activating group) is 1. The first-order valence-electron chi connectivity index (χ1n) is 8.84. The highest BCUT2D eigenvalue weighted by atomic mass is 35.5. The molecule has 0 bridgehead atoms. The Kier molecular flexibility index (Phi) is 6.87. The smallest absolute Gasteiger partial charge is 0.0841 e. The maximum atomic E-state index is 10.6. The molecule has 0 radical (unpaired) electrons. The van der Waals surface area contributed by atoms with Gasteiger partial charge in [-0.1, -0.05) is 0 Å². The minimum Gasteiger partial charge on any atom is -0.390 e. The minimum absolute atomic E-state index is 0. The normalized spacial score (nSPS) is 20.4. The van der Waals surface area contributed by atoms with Crippen molar-refractivity contribution >= 4 is 18.1 Å². The van der Waals surface area contributed by atoms with Crippen molar-refractivity contribution in [3.05, 3.63) is 23.0 Å². The van der Waals surface area contributed by atoms with E-state index in [1.807, 2.05) is 0 Å². The average Bonchev–Trinajstić information content (AvgIpc) is 2.51. The Morgan fingerprint density at radius 1 is 1.12 bits per heavy atom. The van der Waals surface area contributed by atoms with Crippen LogP contribution in [-0.2, 0) is 6.42 Å². The van der Waals surface area contributed by atoms with Gasteiger partial charge in [-0.2, -0.15) is 0 Å². The Morgan fingerprint density at radius 3 is 2.54 bits per heavy atom. The van der Waals surface area contributed by atoms with Gasteiger partial charge in [-0.05, 0) is 45.4 Å². The molecule has 1 N–H and O–H groups in total. The third-order valence-electron chi connectivity index (χ3n) is 5.20. The van der Waals surface area contributed by atoms with Gasteiger partial charge >= 0.3 is 0 Å². The van der Waals surface area contributed by atoms with Crippen LogP contribution in [0.3, 0.4) is 0 Å². The van der Waals surface area contributed by atoms with Crippen LogP contribution in [0, 0.1) is 13.8 Å². The molecule has 24 heavy (non-hydrogen) atoms. The standard InChI is InChI=1S/C18H30N4O.ClH/c1-14-11-18-17(19-15(14)2)5-4-6-22(18)13-16(23)12-21-9-7-20(3)8-10-21;/h11,16,23H,4-10,12-13H2,1-3H3;1H. The number of halogens is 1. The third kappa shape index (κ3) is 4.60. The van der Waals surface area contributed by atoms with Crippen LogP contribution in [-0.4, -0.2) is 78.9 Å². The number of rotatable bonds is 4. The molecule has 1 fully saturated rings. The van der Waals surface area contributed by atoms with E-state index in [2.05, 4.69) is 41.7 Å². The lowest BCUT2D eigenvalue weighted by Gasteiger charge is -2.36. The maximum absolute atomic E-state index is 10.6. The number of nitrogens with zero attached hydrogens (tertiary/aromatic N) is 4. The molecule has 3 heterocycles. The predicted molar refractivity (Wildman–Crippen MR) is 101 cm³/mol. The van der Waals surface area contributed by atoms with Gasteiger partial charge in [-0.25, -0.2) is 0 Å². The third-order valence-corrected chi connectivity index (χ3v) is 5.20. The van der Waals surface area contributed by atoms with Crippen molar-refractivity contribution in [3.8, 4) is 0 Å². The molecule has 5 nitrogen and oxygen atoms in total. The molecule has 0 amide bonds. The lowest BCUT2D eigenvalue weighted by Crippen LogP contribution is -2.49. The molecule has 1 atom stereocenters. The van der Waals surface area contributed by atoms with Gasteiger partial charge in [-0.3, -0.25) is 9.88 Å². The van der Waals surface area contributed by atoms with Crippen molar-refractivity contribution < 1.29 is 5.11 Å². The summed E-state index contributed by atoms with van der Waals surface area (Å²) in [5.41, 5.74) is 4.80. The molecular weight excluding hydrogens is 324 g/mol. The molecule has 0 aliphatic carbocycles. The average molecular weight is 355 g/mol. The maximum Gasteiger partial charge on any atom is 0.0841 e. The van der Waals surface area contributed by atoms with Gasteiger partial charge < -0.3 is 14.9 Å². The van der Waals surface area contributed by atoms with E-state index >= 15 is 0 Å². The minimum atomic E-state index is -0.300. The number of aliphatic hydroxyl groups excluding tert-OH is 1. The lowest BCUT2D eigenvalue weighted by atomic mass is 10.0. The van der Waals surface area contributed by atoms with E-state index in [0.29, 0.717) is 6.54 Å². The SMILES string of the molecule is Cc1cc2c(nc1C)CCCN2CC(O)CN1CCN(C)CC1.Cl. The summed E-state index contributed by atoms with van der Waals surface area (Å²) in [6, 6.07) is 2.25. The number of piperazine rings is 1. The number of pyridine rings is 1. The number of β-amino-alcohol motifs (C(OH)–C–C–N with tert-alkyl or cyclic N) is 1. The van der Waals surface area contributed by atoms with Crippen molar-refractivity contribution in [1.82, 2.24) is 14.8 Å². The summed E-state index contributed by atoms with van der Waals surface area (Å²) in [7, 11) is 2.16. The predicted octanol–water partition coefficient (Wildman–Crippen LogP) is 1.48. The van der Waals surface area contributed by atoms with Crippen LogP contribution < -0.4 is 4.90 Å². The van der Waals surface area contributed by atoms with Crippen LogP contribution in [0.5, 0.6) is 0 Å². The number of aliphatic hydroxyl groups is 1. The fraction of sp³-hybridized carbons (Fsp3) is 0.722. The van der Waals surface area contributed by atoms with E-state index in [9.17, 15) is 5.11 Å². The van der Waals surface area contributed by atoms with E-state index in [1.54, 1.807) is 0 Å². The number of aromatic nitrogens is 1. The molecule has 2 aliphatic rings. The second kappa shape index (κ2) is 8.48. The van der Waals surface area contributed by atoms with Gasteiger partial charge in [0.25, 0.3) is 0 Å². The Labute approximate surface area is 152 Å². The van der Waals surface area contributed by atoms with Gasteiger partial charge in [-0.15, -0.1) is 12.4 Å². The summed E-state index contributed by atoms with van der Waals surface area (Å²) in [4.78, 5) is 11.8. The molecule has 1 saturated heterocycles. The van der Waals surface area contributed by atoms with Crippen LogP contribution in [0.25, 0.3) is 0 Å². The molecule has 3 rings (SSSR count). The van der Waals surface area contributed by atoms with Crippen LogP contribution in [0.4, 0.5) is 5.69 Å². The second-order valence-electron chi connectivity index (χ2n) is 7.16. The van der Waals surface area contributed by atoms with Gasteiger partial charge in [0, 0.05) is 51.5 Å². The summed E-state index contributed by atoms with van der Waals surface area (Å²) >= 11 is 0. The van der Waals surface area contributed by atoms with Crippen molar-refractivity contribution in [2.75, 3.05) is 57.8 Å².